The van der Waals surface area contributed by atoms with Crippen LogP contribution in [0.4, 0.5) is 0 Å². The van der Waals surface area contributed by atoms with E-state index in [1.165, 1.54) is 16.3 Å². The molecule has 0 aliphatic rings. The van der Waals surface area contributed by atoms with Crippen LogP contribution in [0.15, 0.2) is 18.3 Å². The fraction of sp³-hybridized carbons (Fsp3) is 0.692. The Balaban J connectivity index is 2.25. The number of hydrogen-bond donors (Lipinski definition) is 1. The van der Waals surface area contributed by atoms with Crippen molar-refractivity contribution >= 4 is 10.0 Å². The van der Waals surface area contributed by atoms with Gasteiger partial charge in [0, 0.05) is 38.1 Å². The summed E-state index contributed by atoms with van der Waals surface area (Å²) in [5.74, 6) is 0. The van der Waals surface area contributed by atoms with E-state index in [0.717, 1.165) is 26.1 Å². The number of hydrogen-bond acceptors (Lipinski definition) is 3. The van der Waals surface area contributed by atoms with E-state index in [1.54, 1.807) is 0 Å². The SMILES string of the molecule is CCN(CCCNCc1cccn1CC)S(C)(=O)=O. The first-order chi connectivity index (χ1) is 8.99. The lowest BCUT2D eigenvalue weighted by atomic mass is 10.3. The van der Waals surface area contributed by atoms with Crippen molar-refractivity contribution in [1.82, 2.24) is 14.2 Å². The van der Waals surface area contributed by atoms with Crippen LogP contribution >= 0.6 is 0 Å². The minimum absolute atomic E-state index is 0.539. The van der Waals surface area contributed by atoms with Crippen molar-refractivity contribution in [3.63, 3.8) is 0 Å². The molecule has 1 N–H and O–H groups in total. The third-order valence-corrected chi connectivity index (χ3v) is 4.53. The van der Waals surface area contributed by atoms with Crippen molar-refractivity contribution in [2.45, 2.75) is 33.4 Å². The topological polar surface area (TPSA) is 54.3 Å². The van der Waals surface area contributed by atoms with E-state index in [0.29, 0.717) is 13.1 Å². The average Bonchev–Trinajstić information content (AvgIpc) is 2.79. The van der Waals surface area contributed by atoms with Gasteiger partial charge in [0.25, 0.3) is 0 Å². The highest BCUT2D eigenvalue weighted by molar-refractivity contribution is 7.88. The van der Waals surface area contributed by atoms with E-state index in [4.69, 9.17) is 0 Å². The van der Waals surface area contributed by atoms with Gasteiger partial charge in [0.05, 0.1) is 6.26 Å². The second-order valence-corrected chi connectivity index (χ2v) is 6.55. The Morgan fingerprint density at radius 1 is 1.37 bits per heavy atom. The Labute approximate surface area is 116 Å². The van der Waals surface area contributed by atoms with Gasteiger partial charge in [-0.05, 0) is 32.0 Å². The standard InChI is InChI=1S/C13H25N3O2S/c1-4-15-10-6-8-13(15)12-14-9-7-11-16(5-2)19(3,17)18/h6,8,10,14H,4-5,7,9,11-12H2,1-3H3. The predicted molar refractivity (Wildman–Crippen MR) is 78.5 cm³/mol. The summed E-state index contributed by atoms with van der Waals surface area (Å²) in [6.07, 6.45) is 4.16. The Morgan fingerprint density at radius 2 is 2.11 bits per heavy atom. The molecule has 0 spiro atoms. The van der Waals surface area contributed by atoms with Gasteiger partial charge in [0.1, 0.15) is 0 Å². The fourth-order valence-electron chi connectivity index (χ4n) is 2.07. The van der Waals surface area contributed by atoms with Crippen LogP contribution in [0.25, 0.3) is 0 Å². The maximum Gasteiger partial charge on any atom is 0.211 e. The maximum absolute atomic E-state index is 11.4. The molecule has 0 amide bonds. The molecule has 1 aromatic rings. The first kappa shape index (κ1) is 16.2. The van der Waals surface area contributed by atoms with Crippen LogP contribution in [0.3, 0.4) is 0 Å². The smallest absolute Gasteiger partial charge is 0.211 e. The largest absolute Gasteiger partial charge is 0.351 e. The summed E-state index contributed by atoms with van der Waals surface area (Å²) in [5.41, 5.74) is 1.26. The van der Waals surface area contributed by atoms with Crippen molar-refractivity contribution in [2.75, 3.05) is 25.9 Å². The number of aryl methyl sites for hydroxylation is 1. The Morgan fingerprint density at radius 3 is 2.68 bits per heavy atom. The molecule has 6 heteroatoms. The molecule has 0 bridgehead atoms. The lowest BCUT2D eigenvalue weighted by Crippen LogP contribution is -2.32. The number of aromatic nitrogens is 1. The summed E-state index contributed by atoms with van der Waals surface area (Å²) in [4.78, 5) is 0. The molecule has 0 radical (unpaired) electrons. The zero-order chi connectivity index (χ0) is 14.3. The maximum atomic E-state index is 11.4. The van der Waals surface area contributed by atoms with Crippen molar-refractivity contribution in [3.8, 4) is 0 Å². The molecule has 1 heterocycles. The second kappa shape index (κ2) is 7.67. The van der Waals surface area contributed by atoms with E-state index in [9.17, 15) is 8.42 Å². The zero-order valence-corrected chi connectivity index (χ0v) is 12.9. The molecule has 0 unspecified atom stereocenters. The molecule has 110 valence electrons. The quantitative estimate of drug-likeness (QED) is 0.696. The van der Waals surface area contributed by atoms with Gasteiger partial charge in [0.2, 0.25) is 10.0 Å². The van der Waals surface area contributed by atoms with E-state index < -0.39 is 10.0 Å². The minimum atomic E-state index is -3.05. The molecule has 0 aliphatic heterocycles. The molecule has 1 aromatic heterocycles. The van der Waals surface area contributed by atoms with Crippen LogP contribution < -0.4 is 5.32 Å². The first-order valence-corrected chi connectivity index (χ1v) is 8.63. The molecule has 0 aliphatic carbocycles. The lowest BCUT2D eigenvalue weighted by molar-refractivity contribution is 0.418. The molecule has 0 atom stereocenters. The molecule has 19 heavy (non-hydrogen) atoms. The Hall–Kier alpha value is -0.850. The van der Waals surface area contributed by atoms with Crippen molar-refractivity contribution in [2.24, 2.45) is 0 Å². The summed E-state index contributed by atoms with van der Waals surface area (Å²) < 4.78 is 26.5. The first-order valence-electron chi connectivity index (χ1n) is 6.78. The molecule has 1 rings (SSSR count). The van der Waals surface area contributed by atoms with Gasteiger partial charge in [-0.25, -0.2) is 12.7 Å². The second-order valence-electron chi connectivity index (χ2n) is 4.57. The van der Waals surface area contributed by atoms with Gasteiger partial charge in [-0.3, -0.25) is 0 Å². The van der Waals surface area contributed by atoms with Gasteiger partial charge in [-0.2, -0.15) is 0 Å². The van der Waals surface area contributed by atoms with E-state index in [1.807, 2.05) is 13.0 Å². The summed E-state index contributed by atoms with van der Waals surface area (Å²) in [5, 5.41) is 3.35. The van der Waals surface area contributed by atoms with Crippen LogP contribution in [0, 0.1) is 0 Å². The molecular weight excluding hydrogens is 262 g/mol. The van der Waals surface area contributed by atoms with Gasteiger partial charge >= 0.3 is 0 Å². The molecule has 0 saturated carbocycles. The third-order valence-electron chi connectivity index (χ3n) is 3.15. The number of nitrogens with zero attached hydrogens (tertiary/aromatic N) is 2. The van der Waals surface area contributed by atoms with Crippen LogP contribution in [0.1, 0.15) is 26.0 Å². The Kier molecular flexibility index (Phi) is 6.54. The number of rotatable bonds is 9. The van der Waals surface area contributed by atoms with Crippen LogP contribution in [-0.4, -0.2) is 43.2 Å². The zero-order valence-electron chi connectivity index (χ0n) is 12.1. The van der Waals surface area contributed by atoms with Gasteiger partial charge < -0.3 is 9.88 Å². The van der Waals surface area contributed by atoms with E-state index in [2.05, 4.69) is 29.1 Å². The highest BCUT2D eigenvalue weighted by atomic mass is 32.2. The van der Waals surface area contributed by atoms with E-state index >= 15 is 0 Å². The number of sulfonamides is 1. The summed E-state index contributed by atoms with van der Waals surface area (Å²) in [6, 6.07) is 4.15. The Bertz CT molecular complexity index is 468. The number of nitrogens with one attached hydrogen (secondary N) is 1. The van der Waals surface area contributed by atoms with Crippen LogP contribution in [0.5, 0.6) is 0 Å². The normalized spacial score (nSPS) is 12.2. The van der Waals surface area contributed by atoms with Crippen LogP contribution in [0.2, 0.25) is 0 Å². The predicted octanol–water partition coefficient (Wildman–Crippen LogP) is 1.27. The molecule has 0 aromatic carbocycles. The third kappa shape index (κ3) is 5.34. The average molecular weight is 287 g/mol. The van der Waals surface area contributed by atoms with Crippen molar-refractivity contribution in [1.29, 1.82) is 0 Å². The fourth-order valence-corrected chi connectivity index (χ4v) is 3.00. The summed E-state index contributed by atoms with van der Waals surface area (Å²) >= 11 is 0. The molecule has 0 fully saturated rings. The van der Waals surface area contributed by atoms with Crippen LogP contribution in [-0.2, 0) is 23.1 Å². The van der Waals surface area contributed by atoms with Gasteiger partial charge in [0.15, 0.2) is 0 Å². The summed E-state index contributed by atoms with van der Waals surface area (Å²) in [7, 11) is -3.05. The van der Waals surface area contributed by atoms with Gasteiger partial charge in [-0.1, -0.05) is 6.92 Å². The van der Waals surface area contributed by atoms with Crippen molar-refractivity contribution < 1.29 is 8.42 Å². The highest BCUT2D eigenvalue weighted by Crippen LogP contribution is 2.02. The lowest BCUT2D eigenvalue weighted by Gasteiger charge is -2.17. The molecule has 5 nitrogen and oxygen atoms in total. The highest BCUT2D eigenvalue weighted by Gasteiger charge is 2.12. The molecule has 0 saturated heterocycles. The molecular formula is C13H25N3O2S. The van der Waals surface area contributed by atoms with Gasteiger partial charge in [-0.15, -0.1) is 0 Å². The summed E-state index contributed by atoms with van der Waals surface area (Å²) in [6.45, 7) is 7.72. The van der Waals surface area contributed by atoms with E-state index in [-0.39, 0.29) is 0 Å². The van der Waals surface area contributed by atoms with Crippen molar-refractivity contribution in [3.05, 3.63) is 24.0 Å². The minimum Gasteiger partial charge on any atom is -0.351 e. The monoisotopic (exact) mass is 287 g/mol.